The van der Waals surface area contributed by atoms with Crippen LogP contribution >= 0.6 is 27.7 Å². The maximum atomic E-state index is 4.54. The van der Waals surface area contributed by atoms with Crippen molar-refractivity contribution in [2.75, 3.05) is 11.9 Å². The molecule has 1 aromatic carbocycles. The van der Waals surface area contributed by atoms with E-state index < -0.39 is 0 Å². The fourth-order valence-corrected chi connectivity index (χ4v) is 3.52. The minimum Gasteiger partial charge on any atom is -0.334 e. The van der Waals surface area contributed by atoms with E-state index in [4.69, 9.17) is 0 Å². The first-order valence-electron chi connectivity index (χ1n) is 5.93. The number of aliphatic imine (C=N–C) groups is 1. The van der Waals surface area contributed by atoms with E-state index in [1.54, 1.807) is 0 Å². The van der Waals surface area contributed by atoms with Crippen molar-refractivity contribution < 1.29 is 0 Å². The maximum absolute atomic E-state index is 4.54. The van der Waals surface area contributed by atoms with E-state index in [1.807, 2.05) is 11.8 Å². The van der Waals surface area contributed by atoms with E-state index in [2.05, 4.69) is 58.3 Å². The molecule has 1 atom stereocenters. The summed E-state index contributed by atoms with van der Waals surface area (Å²) in [6, 6.07) is 6.32. The predicted molar refractivity (Wildman–Crippen MR) is 81.1 cm³/mol. The van der Waals surface area contributed by atoms with Crippen molar-refractivity contribution >= 4 is 38.5 Å². The number of hydrogen-bond acceptors (Lipinski definition) is 3. The SMILES string of the molecule is CCCC1CN=C(Nc2ccc(C)cc2Br)S1. The van der Waals surface area contributed by atoms with Crippen molar-refractivity contribution in [1.82, 2.24) is 0 Å². The lowest BCUT2D eigenvalue weighted by molar-refractivity contribution is 0.754. The van der Waals surface area contributed by atoms with E-state index in [1.165, 1.54) is 18.4 Å². The minimum atomic E-state index is 0.659. The number of benzene rings is 1. The molecule has 0 saturated carbocycles. The molecule has 17 heavy (non-hydrogen) atoms. The van der Waals surface area contributed by atoms with Crippen molar-refractivity contribution in [2.24, 2.45) is 4.99 Å². The van der Waals surface area contributed by atoms with Crippen LogP contribution < -0.4 is 5.32 Å². The second kappa shape index (κ2) is 5.91. The molecule has 0 amide bonds. The zero-order valence-corrected chi connectivity index (χ0v) is 12.6. The van der Waals surface area contributed by atoms with Crippen LogP contribution in [0, 0.1) is 6.92 Å². The smallest absolute Gasteiger partial charge is 0.161 e. The van der Waals surface area contributed by atoms with Crippen molar-refractivity contribution in [3.8, 4) is 0 Å². The largest absolute Gasteiger partial charge is 0.334 e. The van der Waals surface area contributed by atoms with Gasteiger partial charge >= 0.3 is 0 Å². The molecular formula is C13H17BrN2S. The van der Waals surface area contributed by atoms with Gasteiger partial charge in [0.1, 0.15) is 0 Å². The van der Waals surface area contributed by atoms with Crippen LogP contribution in [-0.2, 0) is 0 Å². The fraction of sp³-hybridized carbons (Fsp3) is 0.462. The van der Waals surface area contributed by atoms with E-state index in [9.17, 15) is 0 Å². The molecule has 1 unspecified atom stereocenters. The Morgan fingerprint density at radius 2 is 2.35 bits per heavy atom. The average Bonchev–Trinajstić information content (AvgIpc) is 2.71. The van der Waals surface area contributed by atoms with Gasteiger partial charge in [-0.2, -0.15) is 0 Å². The summed E-state index contributed by atoms with van der Waals surface area (Å²) in [6.07, 6.45) is 2.48. The summed E-state index contributed by atoms with van der Waals surface area (Å²) in [5.41, 5.74) is 2.35. The van der Waals surface area contributed by atoms with Crippen LogP contribution in [0.4, 0.5) is 5.69 Å². The summed E-state index contributed by atoms with van der Waals surface area (Å²) in [5.74, 6) is 0. The van der Waals surface area contributed by atoms with Gasteiger partial charge in [0.2, 0.25) is 0 Å². The Hall–Kier alpha value is -0.480. The van der Waals surface area contributed by atoms with Crippen LogP contribution in [0.5, 0.6) is 0 Å². The number of amidine groups is 1. The molecule has 1 aliphatic rings. The van der Waals surface area contributed by atoms with E-state index in [-0.39, 0.29) is 0 Å². The highest BCUT2D eigenvalue weighted by Gasteiger charge is 2.19. The van der Waals surface area contributed by atoms with Crippen LogP contribution in [-0.4, -0.2) is 17.0 Å². The molecule has 2 nitrogen and oxygen atoms in total. The molecular weight excluding hydrogens is 296 g/mol. The van der Waals surface area contributed by atoms with Gasteiger partial charge in [-0.3, -0.25) is 4.99 Å². The van der Waals surface area contributed by atoms with Gasteiger partial charge in [0.25, 0.3) is 0 Å². The third-order valence-electron chi connectivity index (χ3n) is 2.69. The van der Waals surface area contributed by atoms with Crippen LogP contribution in [0.3, 0.4) is 0 Å². The molecule has 0 aromatic heterocycles. The van der Waals surface area contributed by atoms with E-state index in [0.717, 1.165) is 21.9 Å². The van der Waals surface area contributed by atoms with E-state index in [0.29, 0.717) is 5.25 Å². The summed E-state index contributed by atoms with van der Waals surface area (Å²) < 4.78 is 1.10. The number of anilines is 1. The number of halogens is 1. The maximum Gasteiger partial charge on any atom is 0.161 e. The second-order valence-electron chi connectivity index (χ2n) is 4.28. The zero-order chi connectivity index (χ0) is 12.3. The zero-order valence-electron chi connectivity index (χ0n) is 10.2. The Labute approximate surface area is 115 Å². The van der Waals surface area contributed by atoms with Gasteiger partial charge in [0.15, 0.2) is 5.17 Å². The molecule has 4 heteroatoms. The Morgan fingerprint density at radius 1 is 1.53 bits per heavy atom. The Morgan fingerprint density at radius 3 is 3.06 bits per heavy atom. The molecule has 1 N–H and O–H groups in total. The van der Waals surface area contributed by atoms with Crippen LogP contribution in [0.2, 0.25) is 0 Å². The standard InChI is InChI=1S/C13H17BrN2S/c1-3-4-10-8-15-13(17-10)16-12-6-5-9(2)7-11(12)14/h5-7,10H,3-4,8H2,1-2H3,(H,15,16). The Bertz CT molecular complexity index is 431. The number of thioether (sulfide) groups is 1. The Balaban J connectivity index is 1.98. The number of nitrogens with one attached hydrogen (secondary N) is 1. The topological polar surface area (TPSA) is 24.4 Å². The summed E-state index contributed by atoms with van der Waals surface area (Å²) in [7, 11) is 0. The van der Waals surface area contributed by atoms with Crippen molar-refractivity contribution in [3.63, 3.8) is 0 Å². The molecule has 1 heterocycles. The van der Waals surface area contributed by atoms with Crippen molar-refractivity contribution in [1.29, 1.82) is 0 Å². The molecule has 92 valence electrons. The summed E-state index contributed by atoms with van der Waals surface area (Å²) in [6.45, 7) is 5.26. The van der Waals surface area contributed by atoms with Gasteiger partial charge in [-0.05, 0) is 47.0 Å². The van der Waals surface area contributed by atoms with Gasteiger partial charge < -0.3 is 5.32 Å². The van der Waals surface area contributed by atoms with Gasteiger partial charge in [0.05, 0.1) is 12.2 Å². The van der Waals surface area contributed by atoms with Gasteiger partial charge in [-0.15, -0.1) is 0 Å². The molecule has 0 fully saturated rings. The fourth-order valence-electron chi connectivity index (χ4n) is 1.80. The predicted octanol–water partition coefficient (Wildman–Crippen LogP) is 4.44. The van der Waals surface area contributed by atoms with Crippen molar-refractivity contribution in [2.45, 2.75) is 31.9 Å². The molecule has 0 saturated heterocycles. The minimum absolute atomic E-state index is 0.659. The molecule has 0 aliphatic carbocycles. The first-order chi connectivity index (χ1) is 8.19. The first kappa shape index (κ1) is 13.0. The van der Waals surface area contributed by atoms with Crippen LogP contribution in [0.1, 0.15) is 25.3 Å². The normalized spacial score (nSPS) is 19.2. The van der Waals surface area contributed by atoms with Crippen LogP contribution in [0.25, 0.3) is 0 Å². The number of hydrogen-bond donors (Lipinski definition) is 1. The average molecular weight is 313 g/mol. The lowest BCUT2D eigenvalue weighted by atomic mass is 10.2. The van der Waals surface area contributed by atoms with Gasteiger partial charge in [-0.25, -0.2) is 0 Å². The first-order valence-corrected chi connectivity index (χ1v) is 7.60. The van der Waals surface area contributed by atoms with Gasteiger partial charge in [-0.1, -0.05) is 31.2 Å². The summed E-state index contributed by atoms with van der Waals surface area (Å²) in [5, 5.41) is 5.10. The number of rotatable bonds is 3. The number of aryl methyl sites for hydroxylation is 1. The molecule has 0 radical (unpaired) electrons. The molecule has 0 spiro atoms. The highest BCUT2D eigenvalue weighted by atomic mass is 79.9. The van der Waals surface area contributed by atoms with Crippen molar-refractivity contribution in [3.05, 3.63) is 28.2 Å². The number of nitrogens with zero attached hydrogens (tertiary/aromatic N) is 1. The lowest BCUT2D eigenvalue weighted by Crippen LogP contribution is -2.07. The quantitative estimate of drug-likeness (QED) is 0.892. The molecule has 1 aromatic rings. The summed E-state index contributed by atoms with van der Waals surface area (Å²) in [4.78, 5) is 4.54. The second-order valence-corrected chi connectivity index (χ2v) is 6.43. The molecule has 2 rings (SSSR count). The van der Waals surface area contributed by atoms with Crippen LogP contribution in [0.15, 0.2) is 27.7 Å². The van der Waals surface area contributed by atoms with Gasteiger partial charge in [0, 0.05) is 9.72 Å². The lowest BCUT2D eigenvalue weighted by Gasteiger charge is -2.09. The Kier molecular flexibility index (Phi) is 4.51. The monoisotopic (exact) mass is 312 g/mol. The third kappa shape index (κ3) is 3.49. The molecule has 0 bridgehead atoms. The third-order valence-corrected chi connectivity index (χ3v) is 4.52. The molecule has 1 aliphatic heterocycles. The highest BCUT2D eigenvalue weighted by Crippen LogP contribution is 2.29. The summed E-state index contributed by atoms with van der Waals surface area (Å²) >= 11 is 5.43. The highest BCUT2D eigenvalue weighted by molar-refractivity contribution is 9.10. The van der Waals surface area contributed by atoms with E-state index >= 15 is 0 Å².